The van der Waals surface area contributed by atoms with Crippen molar-refractivity contribution in [2.75, 3.05) is 5.32 Å². The molecule has 4 N–H and O–H groups in total. The van der Waals surface area contributed by atoms with Gasteiger partial charge in [0.25, 0.3) is 0 Å². The molecule has 0 saturated heterocycles. The van der Waals surface area contributed by atoms with Crippen LogP contribution in [0, 0.1) is 0 Å². The smallest absolute Gasteiger partial charge is 0.318 e. The van der Waals surface area contributed by atoms with E-state index in [1.165, 1.54) is 0 Å². The molecule has 0 radical (unpaired) electrons. The number of urea groups is 1. The molecule has 0 unspecified atom stereocenters. The first-order valence-corrected chi connectivity index (χ1v) is 5.84. The number of aromatic amines is 1. The van der Waals surface area contributed by atoms with Gasteiger partial charge in [0.2, 0.25) is 5.95 Å². The monoisotopic (exact) mass is 252 g/mol. The van der Waals surface area contributed by atoms with Crippen molar-refractivity contribution >= 4 is 23.0 Å². The average Bonchev–Trinajstić information content (AvgIpc) is 2.79. The third-order valence-electron chi connectivity index (χ3n) is 2.83. The van der Waals surface area contributed by atoms with Crippen molar-refractivity contribution in [3.63, 3.8) is 0 Å². The Bertz CT molecular complexity index is 734. The molecular formula is C14H12N4O. The molecule has 2 aromatic carbocycles. The van der Waals surface area contributed by atoms with Gasteiger partial charge in [-0.15, -0.1) is 0 Å². The Hall–Kier alpha value is -2.82. The zero-order chi connectivity index (χ0) is 13.2. The summed E-state index contributed by atoms with van der Waals surface area (Å²) < 4.78 is 0. The number of H-pyrrole nitrogens is 1. The lowest BCUT2D eigenvalue weighted by Crippen LogP contribution is -2.19. The zero-order valence-electron chi connectivity index (χ0n) is 10.1. The molecule has 94 valence electrons. The third-order valence-corrected chi connectivity index (χ3v) is 2.83. The number of nitrogens with one attached hydrogen (secondary N) is 2. The summed E-state index contributed by atoms with van der Waals surface area (Å²) >= 11 is 0. The number of hydrogen-bond donors (Lipinski definition) is 3. The van der Waals surface area contributed by atoms with E-state index in [1.54, 1.807) is 0 Å². The Kier molecular flexibility index (Phi) is 2.64. The van der Waals surface area contributed by atoms with Crippen LogP contribution in [-0.4, -0.2) is 16.0 Å². The van der Waals surface area contributed by atoms with Gasteiger partial charge in [-0.3, -0.25) is 5.32 Å². The van der Waals surface area contributed by atoms with Crippen molar-refractivity contribution in [3.05, 3.63) is 48.5 Å². The highest BCUT2D eigenvalue weighted by Crippen LogP contribution is 2.23. The normalized spacial score (nSPS) is 10.5. The molecule has 0 spiro atoms. The summed E-state index contributed by atoms with van der Waals surface area (Å²) in [6.45, 7) is 0. The highest BCUT2D eigenvalue weighted by molar-refractivity contribution is 5.89. The Morgan fingerprint density at radius 3 is 2.63 bits per heavy atom. The number of primary amides is 1. The van der Waals surface area contributed by atoms with Crippen LogP contribution in [0.2, 0.25) is 0 Å². The molecule has 0 aliphatic heterocycles. The fourth-order valence-corrected chi connectivity index (χ4v) is 2.00. The number of anilines is 1. The largest absolute Gasteiger partial charge is 0.351 e. The average molecular weight is 252 g/mol. The minimum atomic E-state index is -0.637. The van der Waals surface area contributed by atoms with E-state index in [1.807, 2.05) is 48.5 Å². The standard InChI is InChI=1S/C14H12N4O/c15-13(19)18-14-16-11-7-6-10(8-12(11)17-14)9-4-2-1-3-5-9/h1-8H,(H4,15,16,17,18,19). The number of nitrogens with two attached hydrogens (primary N) is 1. The minimum absolute atomic E-state index is 0.354. The van der Waals surface area contributed by atoms with E-state index >= 15 is 0 Å². The van der Waals surface area contributed by atoms with Crippen molar-refractivity contribution < 1.29 is 4.79 Å². The van der Waals surface area contributed by atoms with Crippen molar-refractivity contribution in [2.24, 2.45) is 5.73 Å². The van der Waals surface area contributed by atoms with Crippen LogP contribution in [0.15, 0.2) is 48.5 Å². The number of imidazole rings is 1. The Labute approximate surface area is 109 Å². The number of hydrogen-bond acceptors (Lipinski definition) is 2. The van der Waals surface area contributed by atoms with Gasteiger partial charge in [-0.25, -0.2) is 9.78 Å². The van der Waals surface area contributed by atoms with Crippen LogP contribution in [0.25, 0.3) is 22.2 Å². The highest BCUT2D eigenvalue weighted by Gasteiger charge is 2.05. The predicted molar refractivity (Wildman–Crippen MR) is 74.7 cm³/mol. The summed E-state index contributed by atoms with van der Waals surface area (Å²) in [6, 6.07) is 15.3. The molecule has 3 rings (SSSR count). The van der Waals surface area contributed by atoms with Crippen LogP contribution in [0.5, 0.6) is 0 Å². The number of aromatic nitrogens is 2. The predicted octanol–water partition coefficient (Wildman–Crippen LogP) is 2.72. The molecule has 0 aliphatic carbocycles. The van der Waals surface area contributed by atoms with Gasteiger partial charge >= 0.3 is 6.03 Å². The van der Waals surface area contributed by atoms with E-state index in [0.717, 1.165) is 22.2 Å². The first kappa shape index (κ1) is 11.3. The van der Waals surface area contributed by atoms with Crippen molar-refractivity contribution in [3.8, 4) is 11.1 Å². The number of amides is 2. The van der Waals surface area contributed by atoms with Crippen molar-refractivity contribution in [1.82, 2.24) is 9.97 Å². The van der Waals surface area contributed by atoms with Crippen LogP contribution in [-0.2, 0) is 0 Å². The number of carbonyl (C=O) groups is 1. The summed E-state index contributed by atoms with van der Waals surface area (Å²) in [5.41, 5.74) is 8.90. The van der Waals surface area contributed by atoms with Gasteiger partial charge in [-0.1, -0.05) is 36.4 Å². The lowest BCUT2D eigenvalue weighted by molar-refractivity contribution is 0.259. The maximum Gasteiger partial charge on any atom is 0.318 e. The maximum atomic E-state index is 10.8. The summed E-state index contributed by atoms with van der Waals surface area (Å²) in [5.74, 6) is 0.354. The second-order valence-corrected chi connectivity index (χ2v) is 4.17. The van der Waals surface area contributed by atoms with Crippen LogP contribution < -0.4 is 11.1 Å². The number of nitrogens with zero attached hydrogens (tertiary/aromatic N) is 1. The van der Waals surface area contributed by atoms with Crippen LogP contribution in [0.1, 0.15) is 0 Å². The number of rotatable bonds is 2. The van der Waals surface area contributed by atoms with E-state index in [9.17, 15) is 4.79 Å². The Morgan fingerprint density at radius 1 is 1.11 bits per heavy atom. The molecule has 5 heteroatoms. The van der Waals surface area contributed by atoms with Gasteiger partial charge in [0, 0.05) is 0 Å². The molecule has 5 nitrogen and oxygen atoms in total. The Balaban J connectivity index is 2.03. The molecular weight excluding hydrogens is 240 g/mol. The summed E-state index contributed by atoms with van der Waals surface area (Å²) in [5, 5.41) is 2.43. The van der Waals surface area contributed by atoms with Gasteiger partial charge < -0.3 is 10.7 Å². The van der Waals surface area contributed by atoms with Gasteiger partial charge in [-0.05, 0) is 23.3 Å². The summed E-state index contributed by atoms with van der Waals surface area (Å²) in [6.07, 6.45) is 0. The zero-order valence-corrected chi connectivity index (χ0v) is 10.1. The first-order valence-electron chi connectivity index (χ1n) is 5.84. The van der Waals surface area contributed by atoms with Gasteiger partial charge in [0.1, 0.15) is 0 Å². The molecule has 19 heavy (non-hydrogen) atoms. The van der Waals surface area contributed by atoms with E-state index in [2.05, 4.69) is 15.3 Å². The molecule has 3 aromatic rings. The molecule has 2 amide bonds. The third kappa shape index (κ3) is 2.26. The van der Waals surface area contributed by atoms with E-state index < -0.39 is 6.03 Å². The van der Waals surface area contributed by atoms with Gasteiger partial charge in [-0.2, -0.15) is 0 Å². The maximum absolute atomic E-state index is 10.8. The fraction of sp³-hybridized carbons (Fsp3) is 0. The molecule has 0 aliphatic rings. The lowest BCUT2D eigenvalue weighted by atomic mass is 10.1. The fourth-order valence-electron chi connectivity index (χ4n) is 2.00. The van der Waals surface area contributed by atoms with Crippen molar-refractivity contribution in [1.29, 1.82) is 0 Å². The summed E-state index contributed by atoms with van der Waals surface area (Å²) in [4.78, 5) is 18.0. The second kappa shape index (κ2) is 4.45. The number of benzene rings is 2. The SMILES string of the molecule is NC(=O)Nc1nc2ccc(-c3ccccc3)cc2[nH]1. The Morgan fingerprint density at radius 2 is 1.89 bits per heavy atom. The van der Waals surface area contributed by atoms with E-state index in [-0.39, 0.29) is 0 Å². The first-order chi connectivity index (χ1) is 9.22. The number of carbonyl (C=O) groups excluding carboxylic acids is 1. The van der Waals surface area contributed by atoms with Crippen LogP contribution in [0.4, 0.5) is 10.7 Å². The van der Waals surface area contributed by atoms with Gasteiger partial charge in [0.15, 0.2) is 0 Å². The molecule has 0 bridgehead atoms. The molecule has 0 saturated carbocycles. The van der Waals surface area contributed by atoms with Crippen LogP contribution >= 0.6 is 0 Å². The highest BCUT2D eigenvalue weighted by atomic mass is 16.2. The van der Waals surface area contributed by atoms with E-state index in [0.29, 0.717) is 5.95 Å². The molecule has 0 fully saturated rings. The lowest BCUT2D eigenvalue weighted by Gasteiger charge is -2.00. The molecule has 1 heterocycles. The van der Waals surface area contributed by atoms with Crippen LogP contribution in [0.3, 0.4) is 0 Å². The minimum Gasteiger partial charge on any atom is -0.351 e. The van der Waals surface area contributed by atoms with Gasteiger partial charge in [0.05, 0.1) is 11.0 Å². The van der Waals surface area contributed by atoms with E-state index in [4.69, 9.17) is 5.73 Å². The topological polar surface area (TPSA) is 83.8 Å². The molecule has 0 atom stereocenters. The quantitative estimate of drug-likeness (QED) is 0.655. The summed E-state index contributed by atoms with van der Waals surface area (Å²) in [7, 11) is 0. The number of fused-ring (bicyclic) bond motifs is 1. The second-order valence-electron chi connectivity index (χ2n) is 4.17. The van der Waals surface area contributed by atoms with Crippen molar-refractivity contribution in [2.45, 2.75) is 0 Å². The molecule has 1 aromatic heterocycles.